The maximum atomic E-state index is 13.1. The summed E-state index contributed by atoms with van der Waals surface area (Å²) in [6, 6.07) is 6.05. The highest BCUT2D eigenvalue weighted by Crippen LogP contribution is 2.35. The van der Waals surface area contributed by atoms with Gasteiger partial charge in [-0.1, -0.05) is 12.1 Å². The Kier molecular flexibility index (Phi) is 2.92. The quantitative estimate of drug-likeness (QED) is 0.836. The Morgan fingerprint density at radius 2 is 2.31 bits per heavy atom. The lowest BCUT2D eigenvalue weighted by Gasteiger charge is -2.16. The minimum absolute atomic E-state index is 0.261. The van der Waals surface area contributed by atoms with E-state index in [2.05, 4.69) is 0 Å². The molecule has 1 aromatic rings. The molecule has 1 saturated heterocycles. The molecular formula is C12H13FO3. The molecule has 0 radical (unpaired) electrons. The van der Waals surface area contributed by atoms with E-state index in [0.29, 0.717) is 12.2 Å². The number of carbonyl (C=O) groups is 1. The first-order chi connectivity index (χ1) is 7.59. The smallest absolute Gasteiger partial charge is 0.309 e. The highest BCUT2D eigenvalue weighted by Gasteiger charge is 2.40. The van der Waals surface area contributed by atoms with Crippen molar-refractivity contribution in [3.63, 3.8) is 0 Å². The zero-order valence-corrected chi connectivity index (χ0v) is 8.89. The standard InChI is InChI=1S/C12H13FO3/c1-7-11(12(14)15)10(6-16-7)8-3-2-4-9(13)5-8/h2-5,7,10-11H,6H2,1H3,(H,14,15). The zero-order chi connectivity index (χ0) is 11.7. The lowest BCUT2D eigenvalue weighted by Crippen LogP contribution is -2.25. The first kappa shape index (κ1) is 11.1. The van der Waals surface area contributed by atoms with Gasteiger partial charge in [-0.2, -0.15) is 0 Å². The minimum Gasteiger partial charge on any atom is -0.481 e. The van der Waals surface area contributed by atoms with E-state index >= 15 is 0 Å². The second-order valence-electron chi connectivity index (χ2n) is 4.06. The van der Waals surface area contributed by atoms with Crippen LogP contribution < -0.4 is 0 Å². The first-order valence-electron chi connectivity index (χ1n) is 5.19. The predicted molar refractivity (Wildman–Crippen MR) is 55.7 cm³/mol. The molecule has 0 bridgehead atoms. The van der Waals surface area contributed by atoms with Gasteiger partial charge in [0.25, 0.3) is 0 Å². The maximum absolute atomic E-state index is 13.1. The van der Waals surface area contributed by atoms with Gasteiger partial charge in [0.05, 0.1) is 18.6 Å². The molecule has 0 aromatic heterocycles. The van der Waals surface area contributed by atoms with Crippen molar-refractivity contribution in [3.05, 3.63) is 35.6 Å². The Labute approximate surface area is 92.9 Å². The molecule has 3 unspecified atom stereocenters. The number of hydrogen-bond donors (Lipinski definition) is 1. The molecule has 2 rings (SSSR count). The molecule has 0 saturated carbocycles. The number of benzene rings is 1. The Morgan fingerprint density at radius 3 is 2.94 bits per heavy atom. The molecule has 1 aliphatic rings. The van der Waals surface area contributed by atoms with Crippen molar-refractivity contribution in [2.45, 2.75) is 18.9 Å². The van der Waals surface area contributed by atoms with E-state index in [4.69, 9.17) is 9.84 Å². The fourth-order valence-electron chi connectivity index (χ4n) is 2.20. The Morgan fingerprint density at radius 1 is 1.56 bits per heavy atom. The average Bonchev–Trinajstić information content (AvgIpc) is 2.60. The van der Waals surface area contributed by atoms with E-state index < -0.39 is 11.9 Å². The molecule has 86 valence electrons. The predicted octanol–water partition coefficient (Wildman–Crippen LogP) is 2.03. The molecule has 1 heterocycles. The molecule has 1 aromatic carbocycles. The summed E-state index contributed by atoms with van der Waals surface area (Å²) in [5.74, 6) is -2.09. The molecule has 1 aliphatic heterocycles. The van der Waals surface area contributed by atoms with Crippen LogP contribution in [0.15, 0.2) is 24.3 Å². The van der Waals surface area contributed by atoms with Gasteiger partial charge in [-0.3, -0.25) is 4.79 Å². The molecule has 4 heteroatoms. The van der Waals surface area contributed by atoms with Crippen LogP contribution in [0.25, 0.3) is 0 Å². The summed E-state index contributed by atoms with van der Waals surface area (Å²) in [7, 11) is 0. The van der Waals surface area contributed by atoms with Crippen molar-refractivity contribution in [2.24, 2.45) is 5.92 Å². The second kappa shape index (κ2) is 4.22. The molecule has 16 heavy (non-hydrogen) atoms. The van der Waals surface area contributed by atoms with Gasteiger partial charge in [0.1, 0.15) is 5.82 Å². The molecule has 0 amide bonds. The topological polar surface area (TPSA) is 46.5 Å². The van der Waals surface area contributed by atoms with E-state index in [-0.39, 0.29) is 17.8 Å². The molecular weight excluding hydrogens is 211 g/mol. The van der Waals surface area contributed by atoms with Crippen molar-refractivity contribution in [2.75, 3.05) is 6.61 Å². The largest absolute Gasteiger partial charge is 0.481 e. The lowest BCUT2D eigenvalue weighted by molar-refractivity contribution is -0.143. The van der Waals surface area contributed by atoms with Crippen LogP contribution in [0, 0.1) is 11.7 Å². The summed E-state index contributed by atoms with van der Waals surface area (Å²) in [5.41, 5.74) is 0.691. The van der Waals surface area contributed by atoms with Crippen molar-refractivity contribution in [1.29, 1.82) is 0 Å². The normalized spacial score (nSPS) is 29.2. The van der Waals surface area contributed by atoms with Crippen molar-refractivity contribution in [1.82, 2.24) is 0 Å². The zero-order valence-electron chi connectivity index (χ0n) is 8.89. The highest BCUT2D eigenvalue weighted by molar-refractivity contribution is 5.72. The van der Waals surface area contributed by atoms with Crippen LogP contribution >= 0.6 is 0 Å². The number of halogens is 1. The highest BCUT2D eigenvalue weighted by atomic mass is 19.1. The van der Waals surface area contributed by atoms with Crippen LogP contribution in [-0.2, 0) is 9.53 Å². The van der Waals surface area contributed by atoms with Crippen molar-refractivity contribution < 1.29 is 19.0 Å². The summed E-state index contributed by atoms with van der Waals surface area (Å²) in [6.45, 7) is 2.07. The van der Waals surface area contributed by atoms with E-state index in [1.165, 1.54) is 12.1 Å². The number of rotatable bonds is 2. The number of aliphatic carboxylic acids is 1. The summed E-state index contributed by atoms with van der Waals surface area (Å²) in [4.78, 5) is 11.1. The molecule has 3 nitrogen and oxygen atoms in total. The van der Waals surface area contributed by atoms with Gasteiger partial charge in [0.2, 0.25) is 0 Å². The van der Waals surface area contributed by atoms with Gasteiger partial charge in [-0.25, -0.2) is 4.39 Å². The second-order valence-corrected chi connectivity index (χ2v) is 4.06. The fraction of sp³-hybridized carbons (Fsp3) is 0.417. The van der Waals surface area contributed by atoms with Gasteiger partial charge in [-0.05, 0) is 24.6 Å². The fourth-order valence-corrected chi connectivity index (χ4v) is 2.20. The number of ether oxygens (including phenoxy) is 1. The Bertz CT molecular complexity index is 405. The van der Waals surface area contributed by atoms with Gasteiger partial charge in [0, 0.05) is 5.92 Å². The number of hydrogen-bond acceptors (Lipinski definition) is 2. The maximum Gasteiger partial charge on any atom is 0.309 e. The van der Waals surface area contributed by atoms with E-state index in [1.807, 2.05) is 0 Å². The monoisotopic (exact) mass is 224 g/mol. The third-order valence-corrected chi connectivity index (χ3v) is 3.04. The SMILES string of the molecule is CC1OCC(c2cccc(F)c2)C1C(=O)O. The summed E-state index contributed by atoms with van der Waals surface area (Å²) >= 11 is 0. The lowest BCUT2D eigenvalue weighted by atomic mass is 9.86. The van der Waals surface area contributed by atoms with Crippen LogP contribution in [0.4, 0.5) is 4.39 Å². The molecule has 0 aliphatic carbocycles. The van der Waals surface area contributed by atoms with Crippen LogP contribution in [0.5, 0.6) is 0 Å². The van der Waals surface area contributed by atoms with E-state index in [9.17, 15) is 9.18 Å². The van der Waals surface area contributed by atoms with Gasteiger partial charge in [-0.15, -0.1) is 0 Å². The van der Waals surface area contributed by atoms with Gasteiger partial charge >= 0.3 is 5.97 Å². The average molecular weight is 224 g/mol. The van der Waals surface area contributed by atoms with Gasteiger partial charge < -0.3 is 9.84 Å². The third kappa shape index (κ3) is 1.93. The van der Waals surface area contributed by atoms with Crippen molar-refractivity contribution >= 4 is 5.97 Å². The first-order valence-corrected chi connectivity index (χ1v) is 5.19. The van der Waals surface area contributed by atoms with E-state index in [0.717, 1.165) is 0 Å². The summed E-state index contributed by atoms with van der Waals surface area (Å²) in [6.07, 6.45) is -0.328. The van der Waals surface area contributed by atoms with Crippen LogP contribution in [-0.4, -0.2) is 23.8 Å². The van der Waals surface area contributed by atoms with Crippen LogP contribution in [0.3, 0.4) is 0 Å². The molecule has 3 atom stereocenters. The van der Waals surface area contributed by atoms with Crippen molar-refractivity contribution in [3.8, 4) is 0 Å². The number of carboxylic acids is 1. The summed E-state index contributed by atoms with van der Waals surface area (Å²) in [5, 5.41) is 9.11. The van der Waals surface area contributed by atoms with Crippen LogP contribution in [0.1, 0.15) is 18.4 Å². The van der Waals surface area contributed by atoms with Crippen LogP contribution in [0.2, 0.25) is 0 Å². The molecule has 1 N–H and O–H groups in total. The van der Waals surface area contributed by atoms with E-state index in [1.54, 1.807) is 19.1 Å². The Balaban J connectivity index is 2.30. The van der Waals surface area contributed by atoms with Gasteiger partial charge in [0.15, 0.2) is 0 Å². The minimum atomic E-state index is -0.890. The summed E-state index contributed by atoms with van der Waals surface area (Å²) < 4.78 is 18.4. The molecule has 1 fully saturated rings. The Hall–Kier alpha value is -1.42. The molecule has 0 spiro atoms. The third-order valence-electron chi connectivity index (χ3n) is 3.04. The number of carboxylic acid groups (broad SMARTS) is 1.